The third kappa shape index (κ3) is 3.25. The van der Waals surface area contributed by atoms with Crippen molar-refractivity contribution >= 4 is 11.6 Å². The first-order valence-electron chi connectivity index (χ1n) is 8.32. The quantitative estimate of drug-likeness (QED) is 0.701. The highest BCUT2D eigenvalue weighted by Gasteiger charge is 2.25. The highest BCUT2D eigenvalue weighted by atomic mass is 16.5. The SMILES string of the molecule is COc1cc(NC(=O)c2c(C)oc(-n3cccc3)c2C#N)cc(OC)c1OC. The Morgan fingerprint density at radius 1 is 1.11 bits per heavy atom. The van der Waals surface area contributed by atoms with Crippen LogP contribution in [0.15, 0.2) is 41.1 Å². The van der Waals surface area contributed by atoms with Gasteiger partial charge in [-0.2, -0.15) is 5.26 Å². The van der Waals surface area contributed by atoms with E-state index in [-0.39, 0.29) is 11.1 Å². The van der Waals surface area contributed by atoms with Crippen molar-refractivity contribution in [2.45, 2.75) is 6.92 Å². The van der Waals surface area contributed by atoms with E-state index in [0.717, 1.165) is 0 Å². The van der Waals surface area contributed by atoms with Crippen molar-refractivity contribution in [2.75, 3.05) is 26.6 Å². The minimum atomic E-state index is -0.481. The average Bonchev–Trinajstić information content (AvgIpc) is 3.34. The van der Waals surface area contributed by atoms with E-state index < -0.39 is 5.91 Å². The first-order valence-corrected chi connectivity index (χ1v) is 8.32. The molecule has 0 radical (unpaired) electrons. The van der Waals surface area contributed by atoms with Gasteiger partial charge in [0.25, 0.3) is 5.91 Å². The van der Waals surface area contributed by atoms with E-state index in [2.05, 4.69) is 11.4 Å². The largest absolute Gasteiger partial charge is 0.493 e. The molecule has 0 aliphatic heterocycles. The lowest BCUT2D eigenvalue weighted by Gasteiger charge is -2.14. The fourth-order valence-corrected chi connectivity index (χ4v) is 2.91. The highest BCUT2D eigenvalue weighted by Crippen LogP contribution is 2.40. The number of nitrogens with zero attached hydrogens (tertiary/aromatic N) is 2. The Balaban J connectivity index is 2.00. The number of anilines is 1. The van der Waals surface area contributed by atoms with Crippen LogP contribution >= 0.6 is 0 Å². The monoisotopic (exact) mass is 381 g/mol. The van der Waals surface area contributed by atoms with Gasteiger partial charge in [-0.25, -0.2) is 0 Å². The Kier molecular flexibility index (Phi) is 5.27. The summed E-state index contributed by atoms with van der Waals surface area (Å²) in [5.41, 5.74) is 0.741. The summed E-state index contributed by atoms with van der Waals surface area (Å²) in [6, 6.07) is 8.87. The molecule has 28 heavy (non-hydrogen) atoms. The second-order valence-corrected chi connectivity index (χ2v) is 5.78. The summed E-state index contributed by atoms with van der Waals surface area (Å²) in [5.74, 6) is 1.36. The number of aryl methyl sites for hydroxylation is 1. The van der Waals surface area contributed by atoms with E-state index in [1.54, 1.807) is 48.1 Å². The molecule has 0 aliphatic rings. The zero-order valence-corrected chi connectivity index (χ0v) is 15.9. The number of amides is 1. The molecule has 8 nitrogen and oxygen atoms in total. The molecule has 0 saturated carbocycles. The second kappa shape index (κ2) is 7.80. The van der Waals surface area contributed by atoms with Crippen molar-refractivity contribution in [1.82, 2.24) is 4.57 Å². The minimum Gasteiger partial charge on any atom is -0.493 e. The van der Waals surface area contributed by atoms with Crippen LogP contribution in [0.5, 0.6) is 17.2 Å². The molecule has 0 fully saturated rings. The molecule has 1 amide bonds. The summed E-state index contributed by atoms with van der Waals surface area (Å²) in [5, 5.41) is 12.4. The molecule has 144 valence electrons. The first kappa shape index (κ1) is 18.9. The molecule has 2 heterocycles. The van der Waals surface area contributed by atoms with Crippen molar-refractivity contribution in [2.24, 2.45) is 0 Å². The van der Waals surface area contributed by atoms with Crippen LogP contribution in [-0.2, 0) is 0 Å². The number of nitrogens with one attached hydrogen (secondary N) is 1. The zero-order valence-electron chi connectivity index (χ0n) is 15.9. The fourth-order valence-electron chi connectivity index (χ4n) is 2.91. The molecule has 1 aromatic carbocycles. The van der Waals surface area contributed by atoms with Crippen molar-refractivity contribution in [3.63, 3.8) is 0 Å². The molecule has 0 bridgehead atoms. The number of furan rings is 1. The van der Waals surface area contributed by atoms with Crippen LogP contribution in [0, 0.1) is 18.3 Å². The number of carbonyl (C=O) groups is 1. The van der Waals surface area contributed by atoms with E-state index >= 15 is 0 Å². The van der Waals surface area contributed by atoms with Gasteiger partial charge in [0.1, 0.15) is 23.0 Å². The number of rotatable bonds is 6. The standard InChI is InChI=1S/C20H19N3O5/c1-12-17(14(11-21)20(28-12)23-7-5-6-8-23)19(24)22-13-9-15(25-2)18(27-4)16(10-13)26-3/h5-10H,1-4H3,(H,22,24). The van der Waals surface area contributed by atoms with E-state index in [1.165, 1.54) is 21.3 Å². The molecule has 0 aliphatic carbocycles. The minimum absolute atomic E-state index is 0.152. The first-order chi connectivity index (χ1) is 13.5. The van der Waals surface area contributed by atoms with E-state index in [0.29, 0.717) is 34.6 Å². The number of hydrogen-bond acceptors (Lipinski definition) is 6. The van der Waals surface area contributed by atoms with Crippen molar-refractivity contribution in [3.05, 3.63) is 53.5 Å². The summed E-state index contributed by atoms with van der Waals surface area (Å²) >= 11 is 0. The number of aromatic nitrogens is 1. The molecule has 1 N–H and O–H groups in total. The molecule has 3 aromatic rings. The Morgan fingerprint density at radius 3 is 2.21 bits per heavy atom. The van der Waals surface area contributed by atoms with Gasteiger partial charge in [-0.1, -0.05) is 0 Å². The van der Waals surface area contributed by atoms with Gasteiger partial charge in [-0.05, 0) is 19.1 Å². The van der Waals surface area contributed by atoms with Crippen LogP contribution in [0.1, 0.15) is 21.7 Å². The maximum atomic E-state index is 12.9. The normalized spacial score (nSPS) is 10.2. The summed E-state index contributed by atoms with van der Waals surface area (Å²) in [7, 11) is 4.47. The van der Waals surface area contributed by atoms with Crippen LogP contribution < -0.4 is 19.5 Å². The average molecular weight is 381 g/mol. The maximum absolute atomic E-state index is 12.9. The van der Waals surface area contributed by atoms with Crippen molar-refractivity contribution in [1.29, 1.82) is 5.26 Å². The van der Waals surface area contributed by atoms with Crippen LogP contribution in [0.4, 0.5) is 5.69 Å². The van der Waals surface area contributed by atoms with Gasteiger partial charge in [0, 0.05) is 30.2 Å². The van der Waals surface area contributed by atoms with Gasteiger partial charge in [-0.15, -0.1) is 0 Å². The molecule has 8 heteroatoms. The maximum Gasteiger partial charge on any atom is 0.260 e. The smallest absolute Gasteiger partial charge is 0.260 e. The molecule has 0 unspecified atom stereocenters. The van der Waals surface area contributed by atoms with Gasteiger partial charge >= 0.3 is 0 Å². The van der Waals surface area contributed by atoms with E-state index in [4.69, 9.17) is 18.6 Å². The molecule has 0 spiro atoms. The predicted octanol–water partition coefficient (Wildman–Crippen LogP) is 3.53. The van der Waals surface area contributed by atoms with Crippen molar-refractivity contribution in [3.8, 4) is 29.2 Å². The van der Waals surface area contributed by atoms with E-state index in [1.807, 2.05) is 0 Å². The Labute approximate surface area is 161 Å². The van der Waals surface area contributed by atoms with Gasteiger partial charge in [0.15, 0.2) is 11.5 Å². The number of carbonyl (C=O) groups excluding carboxylic acids is 1. The van der Waals surface area contributed by atoms with Crippen LogP contribution in [-0.4, -0.2) is 31.8 Å². The number of hydrogen-bond donors (Lipinski definition) is 1. The van der Waals surface area contributed by atoms with Crippen molar-refractivity contribution < 1.29 is 23.4 Å². The summed E-state index contributed by atoms with van der Waals surface area (Å²) in [6.45, 7) is 1.64. The topological polar surface area (TPSA) is 98.7 Å². The molecular formula is C20H19N3O5. The summed E-state index contributed by atoms with van der Waals surface area (Å²) in [4.78, 5) is 12.9. The number of ether oxygens (including phenoxy) is 3. The molecular weight excluding hydrogens is 362 g/mol. The fraction of sp³-hybridized carbons (Fsp3) is 0.200. The lowest BCUT2D eigenvalue weighted by Crippen LogP contribution is -2.14. The summed E-state index contributed by atoms with van der Waals surface area (Å²) < 4.78 is 23.2. The molecule has 0 atom stereocenters. The summed E-state index contributed by atoms with van der Waals surface area (Å²) in [6.07, 6.45) is 3.47. The third-order valence-electron chi connectivity index (χ3n) is 4.17. The van der Waals surface area contributed by atoms with Crippen LogP contribution in [0.25, 0.3) is 5.88 Å². The van der Waals surface area contributed by atoms with Gasteiger partial charge in [-0.3, -0.25) is 9.36 Å². The Bertz CT molecular complexity index is 1020. The molecule has 3 rings (SSSR count). The van der Waals surface area contributed by atoms with Crippen LogP contribution in [0.3, 0.4) is 0 Å². The van der Waals surface area contributed by atoms with Crippen LogP contribution in [0.2, 0.25) is 0 Å². The van der Waals surface area contributed by atoms with E-state index in [9.17, 15) is 10.1 Å². The predicted molar refractivity (Wildman–Crippen MR) is 102 cm³/mol. The third-order valence-corrected chi connectivity index (χ3v) is 4.17. The van der Waals surface area contributed by atoms with Gasteiger partial charge in [0.05, 0.1) is 21.3 Å². The molecule has 2 aromatic heterocycles. The Morgan fingerprint density at radius 2 is 1.71 bits per heavy atom. The zero-order chi connectivity index (χ0) is 20.3. The Hall–Kier alpha value is -3.86. The van der Waals surface area contributed by atoms with Gasteiger partial charge in [0.2, 0.25) is 11.6 Å². The number of nitriles is 1. The number of benzene rings is 1. The van der Waals surface area contributed by atoms with Gasteiger partial charge < -0.3 is 23.9 Å². The lowest BCUT2D eigenvalue weighted by atomic mass is 10.1. The molecule has 0 saturated heterocycles. The second-order valence-electron chi connectivity index (χ2n) is 5.78. The highest BCUT2D eigenvalue weighted by molar-refractivity contribution is 6.07. The lowest BCUT2D eigenvalue weighted by molar-refractivity contribution is 0.102. The number of methoxy groups -OCH3 is 3.